The molecular formula is C13H12N4. The van der Waals surface area contributed by atoms with Gasteiger partial charge in [-0.1, -0.05) is 18.2 Å². The lowest BCUT2D eigenvalue weighted by Crippen LogP contribution is -1.89. The van der Waals surface area contributed by atoms with E-state index in [0.29, 0.717) is 5.65 Å². The van der Waals surface area contributed by atoms with Gasteiger partial charge in [0.15, 0.2) is 5.65 Å². The third-order valence-corrected chi connectivity index (χ3v) is 2.88. The molecule has 0 saturated heterocycles. The van der Waals surface area contributed by atoms with E-state index in [-0.39, 0.29) is 0 Å². The van der Waals surface area contributed by atoms with Crippen LogP contribution >= 0.6 is 0 Å². The molecule has 0 unspecified atom stereocenters. The fraction of sp³-hybridized carbons (Fsp3) is 0.154. The van der Waals surface area contributed by atoms with E-state index in [1.54, 1.807) is 6.20 Å². The Kier molecular flexibility index (Phi) is 2.14. The minimum atomic E-state index is 0.706. The molecule has 3 aromatic rings. The molecular weight excluding hydrogens is 212 g/mol. The van der Waals surface area contributed by atoms with Crippen molar-refractivity contribution in [1.29, 1.82) is 0 Å². The number of imidazole rings is 1. The second kappa shape index (κ2) is 3.66. The van der Waals surface area contributed by atoms with Gasteiger partial charge in [-0.2, -0.15) is 0 Å². The van der Waals surface area contributed by atoms with Gasteiger partial charge in [0.05, 0.1) is 6.20 Å². The molecule has 2 heterocycles. The van der Waals surface area contributed by atoms with Crippen LogP contribution in [-0.4, -0.2) is 19.9 Å². The Labute approximate surface area is 98.8 Å². The van der Waals surface area contributed by atoms with E-state index in [1.807, 2.05) is 0 Å². The van der Waals surface area contributed by atoms with Crippen molar-refractivity contribution in [2.75, 3.05) is 0 Å². The molecule has 0 saturated carbocycles. The summed E-state index contributed by atoms with van der Waals surface area (Å²) in [6.07, 6.45) is 3.25. The van der Waals surface area contributed by atoms with Crippen molar-refractivity contribution in [3.05, 3.63) is 41.9 Å². The highest BCUT2D eigenvalue weighted by Crippen LogP contribution is 2.25. The van der Waals surface area contributed by atoms with Crippen LogP contribution in [0.1, 0.15) is 11.1 Å². The Morgan fingerprint density at radius 2 is 1.88 bits per heavy atom. The van der Waals surface area contributed by atoms with Gasteiger partial charge < -0.3 is 4.98 Å². The van der Waals surface area contributed by atoms with Crippen LogP contribution in [0.15, 0.2) is 30.7 Å². The lowest BCUT2D eigenvalue weighted by Gasteiger charge is -2.05. The third-order valence-electron chi connectivity index (χ3n) is 2.88. The minimum absolute atomic E-state index is 0.706. The van der Waals surface area contributed by atoms with Crippen LogP contribution in [0.4, 0.5) is 0 Å². The predicted octanol–water partition coefficient (Wildman–Crippen LogP) is 2.64. The molecule has 0 radical (unpaired) electrons. The van der Waals surface area contributed by atoms with Crippen LogP contribution < -0.4 is 0 Å². The molecule has 0 bridgehead atoms. The van der Waals surface area contributed by atoms with E-state index >= 15 is 0 Å². The van der Waals surface area contributed by atoms with Crippen LogP contribution in [0.25, 0.3) is 22.6 Å². The molecule has 1 aromatic carbocycles. The zero-order chi connectivity index (χ0) is 11.8. The summed E-state index contributed by atoms with van der Waals surface area (Å²) in [6, 6.07) is 6.22. The van der Waals surface area contributed by atoms with Crippen molar-refractivity contribution in [3.63, 3.8) is 0 Å². The molecule has 0 aliphatic heterocycles. The lowest BCUT2D eigenvalue weighted by molar-refractivity contribution is 1.20. The number of aromatic nitrogens is 4. The highest BCUT2D eigenvalue weighted by molar-refractivity contribution is 5.76. The molecule has 17 heavy (non-hydrogen) atoms. The second-order valence-electron chi connectivity index (χ2n) is 4.11. The van der Waals surface area contributed by atoms with Gasteiger partial charge in [0.2, 0.25) is 0 Å². The molecule has 1 N–H and O–H groups in total. The van der Waals surface area contributed by atoms with E-state index in [4.69, 9.17) is 0 Å². The van der Waals surface area contributed by atoms with Gasteiger partial charge in [-0.25, -0.2) is 15.0 Å². The van der Waals surface area contributed by atoms with Crippen LogP contribution in [0.2, 0.25) is 0 Å². The fourth-order valence-electron chi connectivity index (χ4n) is 2.07. The third kappa shape index (κ3) is 1.58. The van der Waals surface area contributed by atoms with Crippen molar-refractivity contribution in [1.82, 2.24) is 19.9 Å². The Bertz CT molecular complexity index is 631. The lowest BCUT2D eigenvalue weighted by atomic mass is 10.0. The summed E-state index contributed by atoms with van der Waals surface area (Å²) in [5, 5.41) is 0. The molecule has 3 rings (SSSR count). The molecule has 0 atom stereocenters. The maximum absolute atomic E-state index is 4.50. The maximum Gasteiger partial charge on any atom is 0.181 e. The summed E-state index contributed by atoms with van der Waals surface area (Å²) in [4.78, 5) is 15.9. The zero-order valence-corrected chi connectivity index (χ0v) is 9.73. The number of aryl methyl sites for hydroxylation is 2. The molecule has 4 heteroatoms. The smallest absolute Gasteiger partial charge is 0.181 e. The molecule has 4 nitrogen and oxygen atoms in total. The average molecular weight is 224 g/mol. The van der Waals surface area contributed by atoms with Gasteiger partial charge in [-0.05, 0) is 25.0 Å². The van der Waals surface area contributed by atoms with Gasteiger partial charge in [-0.15, -0.1) is 0 Å². The summed E-state index contributed by atoms with van der Waals surface area (Å²) < 4.78 is 0. The standard InChI is InChI=1S/C13H12N4/c1-8-4-3-5-9(2)11(8)13-16-10-6-14-7-15-12(10)17-13/h3-7H,1-2H3,(H,14,15,16,17). The Morgan fingerprint density at radius 1 is 1.12 bits per heavy atom. The highest BCUT2D eigenvalue weighted by atomic mass is 15.0. The summed E-state index contributed by atoms with van der Waals surface area (Å²) in [6.45, 7) is 4.17. The molecule has 2 aromatic heterocycles. The first-order valence-electron chi connectivity index (χ1n) is 5.48. The average Bonchev–Trinajstić information content (AvgIpc) is 2.71. The number of hydrogen-bond donors (Lipinski definition) is 1. The number of nitrogens with zero attached hydrogens (tertiary/aromatic N) is 3. The number of nitrogens with one attached hydrogen (secondary N) is 1. The van der Waals surface area contributed by atoms with E-state index in [0.717, 1.165) is 16.9 Å². The number of benzene rings is 1. The summed E-state index contributed by atoms with van der Waals surface area (Å²) in [7, 11) is 0. The summed E-state index contributed by atoms with van der Waals surface area (Å²) in [5.41, 5.74) is 5.13. The molecule has 0 aliphatic carbocycles. The van der Waals surface area contributed by atoms with Gasteiger partial charge in [0, 0.05) is 5.56 Å². The molecule has 0 fully saturated rings. The quantitative estimate of drug-likeness (QED) is 0.691. The van der Waals surface area contributed by atoms with Crippen LogP contribution in [0, 0.1) is 13.8 Å². The number of hydrogen-bond acceptors (Lipinski definition) is 3. The van der Waals surface area contributed by atoms with Crippen molar-refractivity contribution in [2.24, 2.45) is 0 Å². The van der Waals surface area contributed by atoms with Gasteiger partial charge in [0.25, 0.3) is 0 Å². The number of aromatic amines is 1. The van der Waals surface area contributed by atoms with E-state index in [1.165, 1.54) is 17.5 Å². The monoisotopic (exact) mass is 224 g/mol. The first-order valence-corrected chi connectivity index (χ1v) is 5.48. The summed E-state index contributed by atoms with van der Waals surface area (Å²) >= 11 is 0. The normalized spacial score (nSPS) is 10.9. The number of H-pyrrole nitrogens is 1. The van der Waals surface area contributed by atoms with E-state index in [2.05, 4.69) is 52.0 Å². The zero-order valence-electron chi connectivity index (χ0n) is 9.73. The number of rotatable bonds is 1. The van der Waals surface area contributed by atoms with Crippen molar-refractivity contribution >= 4 is 11.2 Å². The van der Waals surface area contributed by atoms with Crippen LogP contribution in [0.3, 0.4) is 0 Å². The van der Waals surface area contributed by atoms with Gasteiger partial charge in [-0.3, -0.25) is 0 Å². The minimum Gasteiger partial charge on any atom is -0.335 e. The van der Waals surface area contributed by atoms with Crippen molar-refractivity contribution in [3.8, 4) is 11.4 Å². The maximum atomic E-state index is 4.50. The Balaban J connectivity index is 2.27. The van der Waals surface area contributed by atoms with Crippen molar-refractivity contribution in [2.45, 2.75) is 13.8 Å². The highest BCUT2D eigenvalue weighted by Gasteiger charge is 2.10. The van der Waals surface area contributed by atoms with Crippen molar-refractivity contribution < 1.29 is 0 Å². The Hall–Kier alpha value is -2.23. The summed E-state index contributed by atoms with van der Waals surface area (Å²) in [5.74, 6) is 0.858. The SMILES string of the molecule is Cc1cccc(C)c1-c1nc2ncncc2[nH]1. The first-order chi connectivity index (χ1) is 8.25. The largest absolute Gasteiger partial charge is 0.335 e. The van der Waals surface area contributed by atoms with Gasteiger partial charge >= 0.3 is 0 Å². The molecule has 0 amide bonds. The molecule has 84 valence electrons. The van der Waals surface area contributed by atoms with Gasteiger partial charge in [0.1, 0.15) is 17.7 Å². The van der Waals surface area contributed by atoms with E-state index in [9.17, 15) is 0 Å². The number of fused-ring (bicyclic) bond motifs is 1. The topological polar surface area (TPSA) is 54.5 Å². The van der Waals surface area contributed by atoms with Crippen LogP contribution in [-0.2, 0) is 0 Å². The van der Waals surface area contributed by atoms with E-state index < -0.39 is 0 Å². The molecule has 0 spiro atoms. The first kappa shape index (κ1) is 9.96. The second-order valence-corrected chi connectivity index (χ2v) is 4.11. The Morgan fingerprint density at radius 3 is 2.59 bits per heavy atom. The fourth-order valence-corrected chi connectivity index (χ4v) is 2.07. The molecule has 0 aliphatic rings. The predicted molar refractivity (Wildman–Crippen MR) is 66.6 cm³/mol. The van der Waals surface area contributed by atoms with Crippen LogP contribution in [0.5, 0.6) is 0 Å².